The van der Waals surface area contributed by atoms with Gasteiger partial charge in [0.25, 0.3) is 0 Å². The van der Waals surface area contributed by atoms with Crippen LogP contribution in [-0.2, 0) is 0 Å². The Morgan fingerprint density at radius 2 is 1.62 bits per heavy atom. The quantitative estimate of drug-likeness (QED) is 0.655. The molecule has 2 aromatic carbocycles. The van der Waals surface area contributed by atoms with Gasteiger partial charge in [0.1, 0.15) is 11.5 Å². The maximum Gasteiger partial charge on any atom is 0.127 e. The van der Waals surface area contributed by atoms with Gasteiger partial charge in [-0.25, -0.2) is 5.43 Å². The molecule has 0 aliphatic rings. The highest BCUT2D eigenvalue weighted by Gasteiger charge is 2.18. The molecule has 0 radical (unpaired) electrons. The van der Waals surface area contributed by atoms with Crippen LogP contribution in [0.25, 0.3) is 0 Å². The first-order valence-electron chi connectivity index (χ1n) is 6.85. The highest BCUT2D eigenvalue weighted by molar-refractivity contribution is 5.47. The lowest BCUT2D eigenvalue weighted by molar-refractivity contribution is 0.387. The van der Waals surface area contributed by atoms with Crippen molar-refractivity contribution in [3.63, 3.8) is 0 Å². The van der Waals surface area contributed by atoms with Gasteiger partial charge >= 0.3 is 0 Å². The van der Waals surface area contributed by atoms with Gasteiger partial charge in [-0.15, -0.1) is 0 Å². The molecule has 112 valence electrons. The Labute approximate surface area is 125 Å². The van der Waals surface area contributed by atoms with Crippen LogP contribution in [0.15, 0.2) is 36.4 Å². The summed E-state index contributed by atoms with van der Waals surface area (Å²) >= 11 is 0. The summed E-state index contributed by atoms with van der Waals surface area (Å²) in [7, 11) is 3.28. The molecule has 21 heavy (non-hydrogen) atoms. The second kappa shape index (κ2) is 6.61. The number of nitrogens with one attached hydrogen (secondary N) is 1. The third kappa shape index (κ3) is 3.35. The summed E-state index contributed by atoms with van der Waals surface area (Å²) in [4.78, 5) is 0. The Balaban J connectivity index is 2.50. The van der Waals surface area contributed by atoms with E-state index in [0.29, 0.717) is 0 Å². The summed E-state index contributed by atoms with van der Waals surface area (Å²) in [5, 5.41) is 0. The van der Waals surface area contributed by atoms with Gasteiger partial charge < -0.3 is 9.47 Å². The minimum Gasteiger partial charge on any atom is -0.497 e. The number of rotatable bonds is 5. The van der Waals surface area contributed by atoms with E-state index in [0.717, 1.165) is 22.6 Å². The second-order valence-corrected chi connectivity index (χ2v) is 5.13. The van der Waals surface area contributed by atoms with Gasteiger partial charge in [-0.3, -0.25) is 5.84 Å². The molecule has 2 rings (SSSR count). The molecule has 0 fully saturated rings. The topological polar surface area (TPSA) is 56.5 Å². The van der Waals surface area contributed by atoms with Crippen molar-refractivity contribution < 1.29 is 9.47 Å². The van der Waals surface area contributed by atoms with Crippen molar-refractivity contribution in [3.05, 3.63) is 58.7 Å². The molecule has 0 amide bonds. The molecule has 0 aliphatic heterocycles. The number of aryl methyl sites for hydroxylation is 2. The van der Waals surface area contributed by atoms with Crippen molar-refractivity contribution >= 4 is 0 Å². The van der Waals surface area contributed by atoms with Crippen LogP contribution in [0.2, 0.25) is 0 Å². The highest BCUT2D eigenvalue weighted by Crippen LogP contribution is 2.33. The average molecular weight is 286 g/mol. The van der Waals surface area contributed by atoms with E-state index in [2.05, 4.69) is 37.5 Å². The molecule has 0 aliphatic carbocycles. The number of hydrazine groups is 1. The van der Waals surface area contributed by atoms with E-state index in [4.69, 9.17) is 15.3 Å². The molecule has 2 aromatic rings. The fraction of sp³-hybridized carbons (Fsp3) is 0.294. The first-order valence-corrected chi connectivity index (χ1v) is 6.85. The van der Waals surface area contributed by atoms with Crippen LogP contribution in [0.3, 0.4) is 0 Å². The number of ether oxygens (including phenoxy) is 2. The van der Waals surface area contributed by atoms with Crippen molar-refractivity contribution in [1.29, 1.82) is 0 Å². The number of benzene rings is 2. The van der Waals surface area contributed by atoms with Crippen molar-refractivity contribution in [3.8, 4) is 11.5 Å². The molecule has 0 spiro atoms. The van der Waals surface area contributed by atoms with Crippen LogP contribution < -0.4 is 20.7 Å². The normalized spacial score (nSPS) is 12.0. The first-order chi connectivity index (χ1) is 10.1. The smallest absolute Gasteiger partial charge is 0.127 e. The minimum atomic E-state index is -0.135. The standard InChI is InChI=1S/C17H22N2O2/c1-11-7-12(2)9-13(8-11)17(19-18)15-6-5-14(20-3)10-16(15)21-4/h5-10,17,19H,18H2,1-4H3. The van der Waals surface area contributed by atoms with Crippen molar-refractivity contribution in [2.45, 2.75) is 19.9 Å². The van der Waals surface area contributed by atoms with Gasteiger partial charge in [-0.2, -0.15) is 0 Å². The molecule has 4 nitrogen and oxygen atoms in total. The van der Waals surface area contributed by atoms with Gasteiger partial charge in [0, 0.05) is 11.6 Å². The molecule has 0 bridgehead atoms. The Morgan fingerprint density at radius 3 is 2.14 bits per heavy atom. The van der Waals surface area contributed by atoms with E-state index in [1.165, 1.54) is 11.1 Å². The lowest BCUT2D eigenvalue weighted by Gasteiger charge is -2.21. The van der Waals surface area contributed by atoms with Crippen LogP contribution in [-0.4, -0.2) is 14.2 Å². The lowest BCUT2D eigenvalue weighted by atomic mass is 9.95. The molecular weight excluding hydrogens is 264 g/mol. The Morgan fingerprint density at radius 1 is 0.952 bits per heavy atom. The average Bonchev–Trinajstić information content (AvgIpc) is 2.47. The van der Waals surface area contributed by atoms with Crippen LogP contribution >= 0.6 is 0 Å². The maximum atomic E-state index is 5.79. The molecule has 1 atom stereocenters. The number of hydrogen-bond acceptors (Lipinski definition) is 4. The SMILES string of the molecule is COc1ccc(C(NN)c2cc(C)cc(C)c2)c(OC)c1. The summed E-state index contributed by atoms with van der Waals surface area (Å²) in [5.74, 6) is 7.30. The summed E-state index contributed by atoms with van der Waals surface area (Å²) in [6.07, 6.45) is 0. The summed E-state index contributed by atoms with van der Waals surface area (Å²) < 4.78 is 10.7. The third-order valence-electron chi connectivity index (χ3n) is 3.50. The Kier molecular flexibility index (Phi) is 4.83. The van der Waals surface area contributed by atoms with Crippen LogP contribution in [0, 0.1) is 13.8 Å². The van der Waals surface area contributed by atoms with Crippen LogP contribution in [0.5, 0.6) is 11.5 Å². The minimum absolute atomic E-state index is 0.135. The third-order valence-corrected chi connectivity index (χ3v) is 3.50. The molecule has 3 N–H and O–H groups in total. The molecule has 1 unspecified atom stereocenters. The number of nitrogens with two attached hydrogens (primary N) is 1. The van der Waals surface area contributed by atoms with E-state index in [1.54, 1.807) is 14.2 Å². The van der Waals surface area contributed by atoms with Gasteiger partial charge in [0.2, 0.25) is 0 Å². The van der Waals surface area contributed by atoms with Gasteiger partial charge in [0.15, 0.2) is 0 Å². The monoisotopic (exact) mass is 286 g/mol. The van der Waals surface area contributed by atoms with Crippen molar-refractivity contribution in [2.75, 3.05) is 14.2 Å². The fourth-order valence-corrected chi connectivity index (χ4v) is 2.60. The summed E-state index contributed by atoms with van der Waals surface area (Å²) in [5.41, 5.74) is 7.38. The first kappa shape index (κ1) is 15.4. The Hall–Kier alpha value is -2.04. The fourth-order valence-electron chi connectivity index (χ4n) is 2.60. The summed E-state index contributed by atoms with van der Waals surface area (Å²) in [6, 6.07) is 12.0. The molecular formula is C17H22N2O2. The van der Waals surface area contributed by atoms with E-state index < -0.39 is 0 Å². The van der Waals surface area contributed by atoms with Crippen LogP contribution in [0.1, 0.15) is 28.3 Å². The van der Waals surface area contributed by atoms with Gasteiger partial charge in [0.05, 0.1) is 20.3 Å². The van der Waals surface area contributed by atoms with Crippen molar-refractivity contribution in [2.24, 2.45) is 5.84 Å². The van der Waals surface area contributed by atoms with E-state index in [-0.39, 0.29) is 6.04 Å². The highest BCUT2D eigenvalue weighted by atomic mass is 16.5. The summed E-state index contributed by atoms with van der Waals surface area (Å²) in [6.45, 7) is 4.16. The predicted molar refractivity (Wildman–Crippen MR) is 84.6 cm³/mol. The maximum absolute atomic E-state index is 5.79. The van der Waals surface area contributed by atoms with E-state index in [1.807, 2.05) is 18.2 Å². The zero-order chi connectivity index (χ0) is 15.4. The van der Waals surface area contributed by atoms with E-state index >= 15 is 0 Å². The molecule has 0 heterocycles. The van der Waals surface area contributed by atoms with Gasteiger partial charge in [-0.1, -0.05) is 29.3 Å². The molecule has 0 saturated carbocycles. The predicted octanol–water partition coefficient (Wildman–Crippen LogP) is 2.87. The van der Waals surface area contributed by atoms with E-state index in [9.17, 15) is 0 Å². The molecule has 0 aromatic heterocycles. The zero-order valence-corrected chi connectivity index (χ0v) is 12.9. The van der Waals surface area contributed by atoms with Crippen molar-refractivity contribution in [1.82, 2.24) is 5.43 Å². The lowest BCUT2D eigenvalue weighted by Crippen LogP contribution is -2.29. The largest absolute Gasteiger partial charge is 0.497 e. The molecule has 0 saturated heterocycles. The number of hydrogen-bond donors (Lipinski definition) is 2. The van der Waals surface area contributed by atoms with Gasteiger partial charge in [-0.05, 0) is 31.5 Å². The van der Waals surface area contributed by atoms with Crippen LogP contribution in [0.4, 0.5) is 0 Å². The number of methoxy groups -OCH3 is 2. The zero-order valence-electron chi connectivity index (χ0n) is 12.9. The second-order valence-electron chi connectivity index (χ2n) is 5.13. The Bertz CT molecular complexity index is 606. The molecule has 4 heteroatoms.